The summed E-state index contributed by atoms with van der Waals surface area (Å²) >= 11 is 0. The van der Waals surface area contributed by atoms with Gasteiger partial charge in [0, 0.05) is 17.0 Å². The molecule has 4 aromatic carbocycles. The second-order valence-corrected chi connectivity index (χ2v) is 8.10. The maximum absolute atomic E-state index is 12.8. The molecule has 0 amide bonds. The summed E-state index contributed by atoms with van der Waals surface area (Å²) in [6, 6.07) is 20.0. The topological polar surface area (TPSA) is 105 Å². The fraction of sp³-hybridized carbons (Fsp3) is 0.148. The van der Waals surface area contributed by atoms with Crippen LogP contribution in [0.15, 0.2) is 89.1 Å². The number of aromatic hydroxyl groups is 1. The summed E-state index contributed by atoms with van der Waals surface area (Å²) in [4.78, 5) is 22.0. The van der Waals surface area contributed by atoms with E-state index in [2.05, 4.69) is 20.4 Å². The molecule has 0 radical (unpaired) electrons. The van der Waals surface area contributed by atoms with Crippen LogP contribution in [0.2, 0.25) is 0 Å². The molecule has 0 aliphatic rings. The summed E-state index contributed by atoms with van der Waals surface area (Å²) in [5, 5.41) is 21.4. The minimum atomic E-state index is -4.85. The van der Waals surface area contributed by atoms with Crippen molar-refractivity contribution in [2.45, 2.75) is 13.3 Å². The van der Waals surface area contributed by atoms with Crippen molar-refractivity contribution in [2.24, 2.45) is 10.2 Å². The highest BCUT2D eigenvalue weighted by Crippen LogP contribution is 2.39. The van der Waals surface area contributed by atoms with Gasteiger partial charge in [0.1, 0.15) is 23.9 Å². The molecule has 202 valence electrons. The number of phenolic OH excluding ortho intramolecular Hbond substituents is 1. The van der Waals surface area contributed by atoms with Crippen LogP contribution in [0.25, 0.3) is 10.8 Å². The molecular weight excluding hydrogens is 517 g/mol. The predicted molar refractivity (Wildman–Crippen MR) is 138 cm³/mol. The number of rotatable bonds is 10. The summed E-state index contributed by atoms with van der Waals surface area (Å²) in [5.41, 5.74) is 4.46. The number of ether oxygens (including phenoxy) is 1. The Labute approximate surface area is 221 Å². The van der Waals surface area contributed by atoms with Gasteiger partial charge in [0.25, 0.3) is 0 Å². The molecule has 9 nitrogen and oxygen atoms in total. The second-order valence-electron chi connectivity index (χ2n) is 8.10. The number of Topliss-reactive ketones (excluding diaryl/α,β-unsaturated/α-hetero) is 1. The minimum absolute atomic E-state index is 0.0726. The number of hydrogen-bond acceptors (Lipinski definition) is 9. The number of fused-ring (bicyclic) bond motifs is 1. The van der Waals surface area contributed by atoms with E-state index in [1.54, 1.807) is 54.6 Å². The molecule has 39 heavy (non-hydrogen) atoms. The minimum Gasteiger partial charge on any atom is -0.506 e. The van der Waals surface area contributed by atoms with Gasteiger partial charge in [-0.1, -0.05) is 12.1 Å². The van der Waals surface area contributed by atoms with Gasteiger partial charge < -0.3 is 14.7 Å². The van der Waals surface area contributed by atoms with Crippen LogP contribution >= 0.6 is 0 Å². The zero-order chi connectivity index (χ0) is 28.0. The number of phenols is 1. The maximum Gasteiger partial charge on any atom is 0.573 e. The lowest BCUT2D eigenvalue weighted by molar-refractivity contribution is -0.274. The van der Waals surface area contributed by atoms with E-state index in [9.17, 15) is 23.1 Å². The molecule has 4 aromatic rings. The molecule has 12 heteroatoms. The van der Waals surface area contributed by atoms with Crippen LogP contribution in [-0.4, -0.2) is 31.1 Å². The van der Waals surface area contributed by atoms with Crippen LogP contribution in [0.3, 0.4) is 0 Å². The maximum atomic E-state index is 12.8. The van der Waals surface area contributed by atoms with Crippen molar-refractivity contribution in [3.05, 3.63) is 84.4 Å². The lowest BCUT2D eigenvalue weighted by Crippen LogP contribution is -2.26. The highest BCUT2D eigenvalue weighted by atomic mass is 19.4. The average Bonchev–Trinajstić information content (AvgIpc) is 2.90. The molecule has 4 rings (SSSR count). The zero-order valence-corrected chi connectivity index (χ0v) is 20.8. The van der Waals surface area contributed by atoms with Gasteiger partial charge in [-0.25, -0.2) is 5.06 Å². The molecule has 0 heterocycles. The van der Waals surface area contributed by atoms with Crippen molar-refractivity contribution in [2.75, 3.05) is 18.9 Å². The number of carbonyl (C=O) groups excluding carboxylic acids is 1. The van der Waals surface area contributed by atoms with Gasteiger partial charge in [0.2, 0.25) is 0 Å². The number of nitrogens with one attached hydrogen (secondary N) is 1. The van der Waals surface area contributed by atoms with E-state index < -0.39 is 12.1 Å². The summed E-state index contributed by atoms with van der Waals surface area (Å²) in [6.07, 6.45) is -4.85. The summed E-state index contributed by atoms with van der Waals surface area (Å²) in [5.74, 6) is -0.594. The Morgan fingerprint density at radius 1 is 0.974 bits per heavy atom. The largest absolute Gasteiger partial charge is 0.573 e. The van der Waals surface area contributed by atoms with Crippen LogP contribution < -0.4 is 15.3 Å². The van der Waals surface area contributed by atoms with E-state index >= 15 is 0 Å². The Hall–Kier alpha value is -4.52. The molecule has 0 saturated heterocycles. The van der Waals surface area contributed by atoms with E-state index in [1.165, 1.54) is 43.4 Å². The number of hydrogen-bond donors (Lipinski definition) is 2. The number of nitrogens with zero attached hydrogens (tertiary/aromatic N) is 3. The highest BCUT2D eigenvalue weighted by molar-refractivity contribution is 5.97. The molecule has 0 fully saturated rings. The molecule has 0 aromatic heterocycles. The van der Waals surface area contributed by atoms with E-state index in [0.717, 1.165) is 0 Å². The molecule has 0 bridgehead atoms. The average molecular weight is 540 g/mol. The number of ketones is 1. The SMILES string of the molecule is CONCON(c1cccc(OC(F)(F)F)c1)c1ccc2c(/N=N\c3ccc(C(C)=O)cc3)c(O)ccc2c1. The molecule has 0 unspecified atom stereocenters. The fourth-order valence-electron chi connectivity index (χ4n) is 3.65. The van der Waals surface area contributed by atoms with Gasteiger partial charge in [-0.15, -0.1) is 18.3 Å². The quantitative estimate of drug-likeness (QED) is 0.0718. The first-order valence-electron chi connectivity index (χ1n) is 11.5. The molecular formula is C27H23F3N4O5. The van der Waals surface area contributed by atoms with Crippen molar-refractivity contribution in [3.63, 3.8) is 0 Å². The third kappa shape index (κ3) is 7.08. The number of alkyl halides is 3. The first-order valence-corrected chi connectivity index (χ1v) is 11.5. The number of carbonyl (C=O) groups is 1. The first-order chi connectivity index (χ1) is 18.6. The van der Waals surface area contributed by atoms with Crippen LogP contribution in [0.5, 0.6) is 11.5 Å². The van der Waals surface area contributed by atoms with Crippen molar-refractivity contribution < 1.29 is 37.5 Å². The van der Waals surface area contributed by atoms with Crippen LogP contribution in [-0.2, 0) is 9.68 Å². The third-order valence-corrected chi connectivity index (χ3v) is 5.41. The summed E-state index contributed by atoms with van der Waals surface area (Å²) in [7, 11) is 1.39. The van der Waals surface area contributed by atoms with E-state index in [0.29, 0.717) is 27.7 Å². The number of benzene rings is 4. The van der Waals surface area contributed by atoms with Gasteiger partial charge in [0.15, 0.2) is 5.78 Å². The summed E-state index contributed by atoms with van der Waals surface area (Å²) in [6.45, 7) is 1.34. The molecule has 0 aliphatic carbocycles. The molecule has 0 saturated carbocycles. The zero-order valence-electron chi connectivity index (χ0n) is 20.8. The molecule has 0 atom stereocenters. The van der Waals surface area contributed by atoms with Crippen LogP contribution in [0.4, 0.5) is 35.9 Å². The highest BCUT2D eigenvalue weighted by Gasteiger charge is 2.31. The Morgan fingerprint density at radius 2 is 1.72 bits per heavy atom. The van der Waals surface area contributed by atoms with Gasteiger partial charge in [0.05, 0.1) is 24.2 Å². The normalized spacial score (nSPS) is 11.7. The van der Waals surface area contributed by atoms with E-state index in [-0.39, 0.29) is 29.6 Å². The lowest BCUT2D eigenvalue weighted by atomic mass is 10.1. The van der Waals surface area contributed by atoms with Crippen molar-refractivity contribution >= 4 is 39.3 Å². The third-order valence-electron chi connectivity index (χ3n) is 5.41. The van der Waals surface area contributed by atoms with Crippen LogP contribution in [0.1, 0.15) is 17.3 Å². The Kier molecular flexibility index (Phi) is 8.39. The number of hydroxylamine groups is 1. The van der Waals surface area contributed by atoms with Gasteiger partial charge in [-0.05, 0) is 73.0 Å². The standard InChI is InChI=1S/C27H23F3N4O5/c1-17(35)18-6-9-20(10-7-18)32-33-26-24-12-11-22(14-19(24)8-13-25(26)36)34(38-16-31-37-2)21-4-3-5-23(15-21)39-27(28,29)30/h3-15,31,36H,16H2,1-2H3/b33-32-. The van der Waals surface area contributed by atoms with Gasteiger partial charge in [-0.3, -0.25) is 9.63 Å². The summed E-state index contributed by atoms with van der Waals surface area (Å²) < 4.78 is 42.3. The fourth-order valence-corrected chi connectivity index (χ4v) is 3.65. The second kappa shape index (κ2) is 11.9. The molecule has 0 aliphatic heterocycles. The number of anilines is 2. The van der Waals surface area contributed by atoms with Crippen molar-refractivity contribution in [3.8, 4) is 11.5 Å². The lowest BCUT2D eigenvalue weighted by Gasteiger charge is -2.25. The monoisotopic (exact) mass is 540 g/mol. The Bertz CT molecular complexity index is 1490. The Balaban J connectivity index is 1.69. The molecule has 2 N–H and O–H groups in total. The Morgan fingerprint density at radius 3 is 2.41 bits per heavy atom. The van der Waals surface area contributed by atoms with E-state index in [1.807, 2.05) is 0 Å². The smallest absolute Gasteiger partial charge is 0.506 e. The van der Waals surface area contributed by atoms with Crippen molar-refractivity contribution in [1.82, 2.24) is 5.48 Å². The predicted octanol–water partition coefficient (Wildman–Crippen LogP) is 7.24. The molecule has 0 spiro atoms. The van der Waals surface area contributed by atoms with Gasteiger partial charge >= 0.3 is 6.36 Å². The number of halogens is 3. The van der Waals surface area contributed by atoms with Gasteiger partial charge in [-0.2, -0.15) is 10.6 Å². The van der Waals surface area contributed by atoms with Crippen LogP contribution in [0, 0.1) is 0 Å². The van der Waals surface area contributed by atoms with E-state index in [4.69, 9.17) is 9.68 Å². The number of azo groups is 1. The first kappa shape index (κ1) is 27.5. The van der Waals surface area contributed by atoms with Crippen molar-refractivity contribution in [1.29, 1.82) is 0 Å².